The van der Waals surface area contributed by atoms with Crippen LogP contribution in [0.4, 0.5) is 0 Å². The molecule has 0 spiro atoms. The summed E-state index contributed by atoms with van der Waals surface area (Å²) in [6, 6.07) is 0. The highest BCUT2D eigenvalue weighted by Crippen LogP contribution is 2.29. The van der Waals surface area contributed by atoms with Gasteiger partial charge in [0, 0.05) is 0 Å². The van der Waals surface area contributed by atoms with Gasteiger partial charge in [0.2, 0.25) is 0 Å². The average molecular weight is 194 g/mol. The quantitative estimate of drug-likeness (QED) is 0.479. The number of methoxy groups -OCH3 is 1. The van der Waals surface area contributed by atoms with E-state index in [1.807, 2.05) is 0 Å². The molecule has 1 saturated heterocycles. The van der Waals surface area contributed by atoms with Crippen LogP contribution in [-0.4, -0.2) is 40.8 Å². The number of hydrogen-bond donors (Lipinski definition) is 1. The van der Waals surface area contributed by atoms with Crippen molar-refractivity contribution in [3.63, 3.8) is 0 Å². The monoisotopic (exact) mass is 194 g/mol. The zero-order chi connectivity index (χ0) is 9.19. The van der Waals surface area contributed by atoms with Crippen LogP contribution in [0.1, 0.15) is 0 Å². The fraction of sp³-hybridized carbons (Fsp3) is 0.833. The molecular weight excluding hydrogens is 184 g/mol. The Morgan fingerprint density at radius 1 is 1.75 bits per heavy atom. The molecule has 12 heavy (non-hydrogen) atoms. The largest absolute Gasteiger partial charge is 0.468 e. The Kier molecular flexibility index (Phi) is 2.81. The Morgan fingerprint density at radius 3 is 2.58 bits per heavy atom. The molecule has 0 bridgehead atoms. The van der Waals surface area contributed by atoms with E-state index in [1.165, 1.54) is 7.11 Å². The van der Waals surface area contributed by atoms with Crippen LogP contribution in [-0.2, 0) is 25.3 Å². The second-order valence-electron chi connectivity index (χ2n) is 2.73. The van der Waals surface area contributed by atoms with Crippen molar-refractivity contribution in [3.05, 3.63) is 0 Å². The summed E-state index contributed by atoms with van der Waals surface area (Å²) in [4.78, 5) is 11.1. The van der Waals surface area contributed by atoms with Crippen LogP contribution in [0, 0.1) is 5.41 Å². The van der Waals surface area contributed by atoms with E-state index in [1.54, 1.807) is 0 Å². The first kappa shape index (κ1) is 9.63. The number of hydrogen-bond acceptors (Lipinski definition) is 4. The highest BCUT2D eigenvalue weighted by molar-refractivity contribution is 7.79. The Bertz CT molecular complexity index is 210. The number of ether oxygens (including phenoxy) is 2. The van der Waals surface area contributed by atoms with Crippen LogP contribution in [0.3, 0.4) is 0 Å². The third kappa shape index (κ3) is 1.65. The lowest BCUT2D eigenvalue weighted by Gasteiger charge is -2.37. The summed E-state index contributed by atoms with van der Waals surface area (Å²) in [5.41, 5.74) is -0.881. The minimum Gasteiger partial charge on any atom is -0.468 e. The highest BCUT2D eigenvalue weighted by atomic mass is 32.2. The topological polar surface area (TPSA) is 72.8 Å². The molecule has 1 fully saturated rings. The maximum Gasteiger partial charge on any atom is 0.317 e. The van der Waals surface area contributed by atoms with E-state index in [-0.39, 0.29) is 19.0 Å². The highest BCUT2D eigenvalue weighted by Gasteiger charge is 2.48. The minimum absolute atomic E-state index is 0.111. The predicted octanol–water partition coefficient (Wildman–Crippen LogP) is -0.602. The minimum atomic E-state index is -1.99. The van der Waals surface area contributed by atoms with Crippen molar-refractivity contribution in [1.29, 1.82) is 0 Å². The van der Waals surface area contributed by atoms with Crippen LogP contribution in [0.5, 0.6) is 0 Å². The summed E-state index contributed by atoms with van der Waals surface area (Å²) in [6.07, 6.45) is 0. The molecule has 70 valence electrons. The van der Waals surface area contributed by atoms with Crippen molar-refractivity contribution in [2.45, 2.75) is 0 Å². The Balaban J connectivity index is 2.62. The number of carbonyl (C=O) groups excluding carboxylic acids is 1. The molecular formula is C6H10O5S. The van der Waals surface area contributed by atoms with E-state index in [0.717, 1.165) is 0 Å². The molecule has 6 heteroatoms. The van der Waals surface area contributed by atoms with Crippen LogP contribution in [0.2, 0.25) is 0 Å². The van der Waals surface area contributed by atoms with E-state index in [2.05, 4.69) is 4.74 Å². The molecule has 0 aliphatic carbocycles. The van der Waals surface area contributed by atoms with Crippen molar-refractivity contribution in [2.75, 3.05) is 26.1 Å². The van der Waals surface area contributed by atoms with Gasteiger partial charge in [0.05, 0.1) is 26.1 Å². The van der Waals surface area contributed by atoms with Crippen molar-refractivity contribution in [2.24, 2.45) is 5.41 Å². The fourth-order valence-corrected chi connectivity index (χ4v) is 1.82. The third-order valence-corrected chi connectivity index (χ3v) is 2.57. The van der Waals surface area contributed by atoms with Gasteiger partial charge in [-0.25, -0.2) is 4.21 Å². The second-order valence-corrected chi connectivity index (χ2v) is 3.66. The van der Waals surface area contributed by atoms with Gasteiger partial charge in [0.1, 0.15) is 5.41 Å². The predicted molar refractivity (Wildman–Crippen MR) is 40.9 cm³/mol. The van der Waals surface area contributed by atoms with Gasteiger partial charge in [-0.05, 0) is 0 Å². The zero-order valence-electron chi connectivity index (χ0n) is 6.61. The summed E-state index contributed by atoms with van der Waals surface area (Å²) in [7, 11) is 1.25. The maximum atomic E-state index is 11.1. The molecule has 1 rings (SSSR count). The summed E-state index contributed by atoms with van der Waals surface area (Å²) in [5, 5.41) is 0. The molecule has 0 amide bonds. The molecule has 1 N–H and O–H groups in total. The van der Waals surface area contributed by atoms with Gasteiger partial charge in [-0.1, -0.05) is 0 Å². The van der Waals surface area contributed by atoms with E-state index in [4.69, 9.17) is 9.29 Å². The summed E-state index contributed by atoms with van der Waals surface area (Å²) < 4.78 is 28.4. The molecule has 1 aliphatic rings. The molecule has 0 aromatic carbocycles. The molecule has 1 heterocycles. The Hall–Kier alpha value is -0.460. The van der Waals surface area contributed by atoms with Gasteiger partial charge < -0.3 is 14.0 Å². The fourth-order valence-electron chi connectivity index (χ4n) is 1.06. The van der Waals surface area contributed by atoms with E-state index >= 15 is 0 Å². The van der Waals surface area contributed by atoms with E-state index < -0.39 is 22.5 Å². The lowest BCUT2D eigenvalue weighted by Crippen LogP contribution is -2.53. The van der Waals surface area contributed by atoms with E-state index in [0.29, 0.717) is 0 Å². The number of carbonyl (C=O) groups is 1. The van der Waals surface area contributed by atoms with Crippen LogP contribution in [0.25, 0.3) is 0 Å². The van der Waals surface area contributed by atoms with Gasteiger partial charge in [-0.3, -0.25) is 4.79 Å². The number of rotatable bonds is 3. The van der Waals surface area contributed by atoms with Crippen LogP contribution >= 0.6 is 0 Å². The zero-order valence-corrected chi connectivity index (χ0v) is 7.43. The third-order valence-electron chi connectivity index (χ3n) is 1.77. The molecule has 0 radical (unpaired) electrons. The molecule has 1 atom stereocenters. The van der Waals surface area contributed by atoms with E-state index in [9.17, 15) is 9.00 Å². The van der Waals surface area contributed by atoms with Crippen molar-refractivity contribution in [1.82, 2.24) is 0 Å². The first-order valence-corrected chi connectivity index (χ1v) is 4.62. The molecule has 1 aliphatic heterocycles. The second kappa shape index (κ2) is 3.51. The Labute approximate surface area is 72.3 Å². The SMILES string of the molecule is COC(=O)C1(CS(=O)O)COC1. The van der Waals surface area contributed by atoms with Gasteiger partial charge in [0.25, 0.3) is 0 Å². The van der Waals surface area contributed by atoms with Gasteiger partial charge in [-0.2, -0.15) is 0 Å². The van der Waals surface area contributed by atoms with Gasteiger partial charge in [0.15, 0.2) is 11.1 Å². The molecule has 0 aromatic heterocycles. The van der Waals surface area contributed by atoms with Crippen molar-refractivity contribution < 1.29 is 23.0 Å². The first-order chi connectivity index (χ1) is 5.60. The summed E-state index contributed by atoms with van der Waals surface area (Å²) >= 11 is -1.99. The summed E-state index contributed by atoms with van der Waals surface area (Å²) in [5.74, 6) is -0.587. The first-order valence-electron chi connectivity index (χ1n) is 3.34. The lowest BCUT2D eigenvalue weighted by atomic mass is 9.89. The maximum absolute atomic E-state index is 11.1. The molecule has 0 aromatic rings. The molecule has 0 saturated carbocycles. The van der Waals surface area contributed by atoms with Crippen LogP contribution < -0.4 is 0 Å². The standard InChI is InChI=1S/C6H10O5S/c1-10-5(7)6(2-11-3-6)4-12(8)9/h2-4H2,1H3,(H,8,9). The van der Waals surface area contributed by atoms with Crippen molar-refractivity contribution in [3.8, 4) is 0 Å². The smallest absolute Gasteiger partial charge is 0.317 e. The normalized spacial score (nSPS) is 22.5. The number of esters is 1. The van der Waals surface area contributed by atoms with Crippen molar-refractivity contribution >= 4 is 17.0 Å². The van der Waals surface area contributed by atoms with Crippen LogP contribution in [0.15, 0.2) is 0 Å². The molecule has 5 nitrogen and oxygen atoms in total. The summed E-state index contributed by atoms with van der Waals surface area (Å²) in [6.45, 7) is 0.345. The average Bonchev–Trinajstić information content (AvgIpc) is 1.95. The molecule has 1 unspecified atom stereocenters. The van der Waals surface area contributed by atoms with Gasteiger partial charge in [-0.15, -0.1) is 0 Å². The Morgan fingerprint density at radius 2 is 2.33 bits per heavy atom. The lowest BCUT2D eigenvalue weighted by molar-refractivity contribution is -0.178. The van der Waals surface area contributed by atoms with Gasteiger partial charge >= 0.3 is 5.97 Å².